The van der Waals surface area contributed by atoms with Crippen LogP contribution in [-0.4, -0.2) is 28.6 Å². The second-order valence-corrected chi connectivity index (χ2v) is 5.16. The Morgan fingerprint density at radius 1 is 1.13 bits per heavy atom. The van der Waals surface area contributed by atoms with E-state index in [1.165, 1.54) is 6.92 Å². The number of Topliss-reactive ketones (excluding diaryl/α,β-unsaturated/α-hetero) is 1. The highest BCUT2D eigenvalue weighted by Crippen LogP contribution is 2.30. The van der Waals surface area contributed by atoms with Crippen LogP contribution in [0.3, 0.4) is 0 Å². The first-order valence-electron chi connectivity index (χ1n) is 7.37. The number of hydrogen-bond acceptors (Lipinski definition) is 4. The maximum atomic E-state index is 12.1. The molecule has 0 saturated heterocycles. The lowest BCUT2D eigenvalue weighted by Crippen LogP contribution is -2.07. The number of nitrogens with zero attached hydrogens (tertiary/aromatic N) is 1. The van der Waals surface area contributed by atoms with E-state index in [1.807, 2.05) is 42.5 Å². The molecule has 0 aliphatic heterocycles. The molecule has 2 aromatic carbocycles. The van der Waals surface area contributed by atoms with Crippen molar-refractivity contribution in [3.05, 3.63) is 53.9 Å². The summed E-state index contributed by atoms with van der Waals surface area (Å²) < 4.78 is 5.05. The smallest absolute Gasteiger partial charge is 0.357 e. The van der Waals surface area contributed by atoms with Gasteiger partial charge in [0.25, 0.3) is 0 Å². The maximum Gasteiger partial charge on any atom is 0.357 e. The third-order valence-electron chi connectivity index (χ3n) is 3.62. The van der Waals surface area contributed by atoms with Gasteiger partial charge in [-0.15, -0.1) is 0 Å². The number of carbonyl (C=O) groups excluding carboxylic acids is 2. The standard InChI is InChI=1S/C18H16N2O3/c1-3-23-18(22)17-15(16(11(2)21)19-20-17)14-9-8-12-6-4-5-7-13(12)10-14/h4-10H,3H2,1-2H3,(H,19,20). The lowest BCUT2D eigenvalue weighted by molar-refractivity contribution is 0.0520. The van der Waals surface area contributed by atoms with Crippen molar-refractivity contribution in [1.29, 1.82) is 0 Å². The Hall–Kier alpha value is -2.95. The zero-order valence-electron chi connectivity index (χ0n) is 12.9. The molecule has 1 heterocycles. The van der Waals surface area contributed by atoms with Gasteiger partial charge in [-0.25, -0.2) is 4.79 Å². The topological polar surface area (TPSA) is 72.1 Å². The van der Waals surface area contributed by atoms with E-state index in [4.69, 9.17) is 4.74 Å². The Morgan fingerprint density at radius 3 is 2.57 bits per heavy atom. The highest BCUT2D eigenvalue weighted by atomic mass is 16.5. The Balaban J connectivity index is 2.20. The minimum Gasteiger partial charge on any atom is -0.461 e. The summed E-state index contributed by atoms with van der Waals surface area (Å²) in [5.74, 6) is -0.726. The molecule has 0 atom stereocenters. The van der Waals surface area contributed by atoms with Crippen LogP contribution in [-0.2, 0) is 4.74 Å². The normalized spacial score (nSPS) is 10.7. The fraction of sp³-hybridized carbons (Fsp3) is 0.167. The number of aromatic nitrogens is 2. The predicted molar refractivity (Wildman–Crippen MR) is 87.5 cm³/mol. The second-order valence-electron chi connectivity index (χ2n) is 5.16. The van der Waals surface area contributed by atoms with Gasteiger partial charge in [0.1, 0.15) is 5.69 Å². The molecule has 0 aliphatic carbocycles. The summed E-state index contributed by atoms with van der Waals surface area (Å²) in [4.78, 5) is 24.0. The summed E-state index contributed by atoms with van der Waals surface area (Å²) >= 11 is 0. The van der Waals surface area contributed by atoms with Gasteiger partial charge in [0.15, 0.2) is 11.5 Å². The predicted octanol–water partition coefficient (Wildman–Crippen LogP) is 3.61. The SMILES string of the molecule is CCOC(=O)c1[nH]nc(C(C)=O)c1-c1ccc2ccccc2c1. The number of benzene rings is 2. The largest absolute Gasteiger partial charge is 0.461 e. The van der Waals surface area contributed by atoms with Crippen LogP contribution in [0.5, 0.6) is 0 Å². The number of aromatic amines is 1. The second kappa shape index (κ2) is 6.04. The third-order valence-corrected chi connectivity index (χ3v) is 3.62. The highest BCUT2D eigenvalue weighted by Gasteiger charge is 2.23. The van der Waals surface area contributed by atoms with Crippen molar-refractivity contribution in [3.8, 4) is 11.1 Å². The summed E-state index contributed by atoms with van der Waals surface area (Å²) in [6.07, 6.45) is 0. The van der Waals surface area contributed by atoms with Gasteiger partial charge in [0.05, 0.1) is 6.61 Å². The zero-order chi connectivity index (χ0) is 16.4. The zero-order valence-corrected chi connectivity index (χ0v) is 12.9. The molecule has 0 saturated carbocycles. The number of ether oxygens (including phenoxy) is 1. The molecule has 0 bridgehead atoms. The molecule has 1 N–H and O–H groups in total. The van der Waals surface area contributed by atoms with E-state index < -0.39 is 5.97 Å². The average Bonchev–Trinajstić information content (AvgIpc) is 3.00. The lowest BCUT2D eigenvalue weighted by Gasteiger charge is -2.06. The van der Waals surface area contributed by atoms with Crippen LogP contribution < -0.4 is 0 Å². The van der Waals surface area contributed by atoms with Gasteiger partial charge in [-0.2, -0.15) is 5.10 Å². The van der Waals surface area contributed by atoms with Crippen molar-refractivity contribution in [2.24, 2.45) is 0 Å². The summed E-state index contributed by atoms with van der Waals surface area (Å²) in [6.45, 7) is 3.41. The summed E-state index contributed by atoms with van der Waals surface area (Å²) in [5.41, 5.74) is 1.68. The van der Waals surface area contributed by atoms with E-state index in [1.54, 1.807) is 6.92 Å². The molecule has 3 aromatic rings. The van der Waals surface area contributed by atoms with Crippen LogP contribution in [0.1, 0.15) is 34.8 Å². The first-order chi connectivity index (χ1) is 11.1. The van der Waals surface area contributed by atoms with Gasteiger partial charge in [0, 0.05) is 12.5 Å². The molecule has 0 amide bonds. The van der Waals surface area contributed by atoms with Gasteiger partial charge in [-0.3, -0.25) is 9.89 Å². The molecule has 1 aromatic heterocycles. The van der Waals surface area contributed by atoms with Crippen LogP contribution >= 0.6 is 0 Å². The quantitative estimate of drug-likeness (QED) is 0.590. The van der Waals surface area contributed by atoms with Crippen molar-refractivity contribution < 1.29 is 14.3 Å². The highest BCUT2D eigenvalue weighted by molar-refractivity contribution is 6.06. The molecule has 5 nitrogen and oxygen atoms in total. The summed E-state index contributed by atoms with van der Waals surface area (Å²) in [6, 6.07) is 13.7. The van der Waals surface area contributed by atoms with Crippen molar-refractivity contribution in [3.63, 3.8) is 0 Å². The molecule has 0 aliphatic rings. The number of nitrogens with one attached hydrogen (secondary N) is 1. The Morgan fingerprint density at radius 2 is 1.87 bits per heavy atom. The van der Waals surface area contributed by atoms with Crippen LogP contribution in [0.2, 0.25) is 0 Å². The van der Waals surface area contributed by atoms with Crippen LogP contribution in [0.4, 0.5) is 0 Å². The Bertz CT molecular complexity index is 896. The molecule has 0 fully saturated rings. The first kappa shape index (κ1) is 15.0. The first-order valence-corrected chi connectivity index (χ1v) is 7.37. The maximum absolute atomic E-state index is 12.1. The monoisotopic (exact) mass is 308 g/mol. The third kappa shape index (κ3) is 2.73. The van der Waals surface area contributed by atoms with E-state index in [0.29, 0.717) is 5.56 Å². The van der Waals surface area contributed by atoms with E-state index >= 15 is 0 Å². The van der Waals surface area contributed by atoms with Crippen LogP contribution in [0.15, 0.2) is 42.5 Å². The minimum atomic E-state index is -0.518. The van der Waals surface area contributed by atoms with E-state index in [2.05, 4.69) is 10.2 Å². The van der Waals surface area contributed by atoms with E-state index in [0.717, 1.165) is 16.3 Å². The van der Waals surface area contributed by atoms with Crippen LogP contribution in [0.25, 0.3) is 21.9 Å². The number of ketones is 1. The number of esters is 1. The fourth-order valence-corrected chi connectivity index (χ4v) is 2.57. The van der Waals surface area contributed by atoms with Crippen molar-refractivity contribution >= 4 is 22.5 Å². The van der Waals surface area contributed by atoms with Gasteiger partial charge >= 0.3 is 5.97 Å². The lowest BCUT2D eigenvalue weighted by atomic mass is 9.98. The van der Waals surface area contributed by atoms with Crippen molar-refractivity contribution in [2.75, 3.05) is 6.61 Å². The number of hydrogen-bond donors (Lipinski definition) is 1. The number of rotatable bonds is 4. The van der Waals surface area contributed by atoms with Gasteiger partial charge in [0.2, 0.25) is 0 Å². The van der Waals surface area contributed by atoms with Crippen molar-refractivity contribution in [1.82, 2.24) is 10.2 Å². The molecular formula is C18H16N2O3. The minimum absolute atomic E-state index is 0.201. The molecule has 3 rings (SSSR count). The molecular weight excluding hydrogens is 292 g/mol. The molecule has 23 heavy (non-hydrogen) atoms. The van der Waals surface area contributed by atoms with Crippen LogP contribution in [0, 0.1) is 0 Å². The van der Waals surface area contributed by atoms with E-state index in [9.17, 15) is 9.59 Å². The summed E-state index contributed by atoms with van der Waals surface area (Å²) in [7, 11) is 0. The molecule has 116 valence electrons. The number of H-pyrrole nitrogens is 1. The van der Waals surface area contributed by atoms with Gasteiger partial charge in [-0.1, -0.05) is 36.4 Å². The van der Waals surface area contributed by atoms with Gasteiger partial charge in [-0.05, 0) is 29.3 Å². The van der Waals surface area contributed by atoms with Gasteiger partial charge < -0.3 is 4.74 Å². The molecule has 0 unspecified atom stereocenters. The summed E-state index contributed by atoms with van der Waals surface area (Å²) in [5, 5.41) is 8.75. The Labute approximate surface area is 133 Å². The fourth-order valence-electron chi connectivity index (χ4n) is 2.57. The number of fused-ring (bicyclic) bond motifs is 1. The van der Waals surface area contributed by atoms with E-state index in [-0.39, 0.29) is 23.8 Å². The Kier molecular flexibility index (Phi) is 3.93. The number of carbonyl (C=O) groups is 2. The molecule has 0 radical (unpaired) electrons. The molecule has 0 spiro atoms. The molecule has 5 heteroatoms. The average molecular weight is 308 g/mol. The van der Waals surface area contributed by atoms with Crippen molar-refractivity contribution in [2.45, 2.75) is 13.8 Å².